The molecule has 1 fully saturated rings. The van der Waals surface area contributed by atoms with Crippen LogP contribution < -0.4 is 16.6 Å². The van der Waals surface area contributed by atoms with Gasteiger partial charge in [0.1, 0.15) is 11.9 Å². The SMILES string of the molecule is Cn1c(Nc2cnn(CC3CCCO3)c2)c(C#N)c(=O)n(C)c1=O. The minimum Gasteiger partial charge on any atom is -0.376 e. The highest BCUT2D eigenvalue weighted by atomic mass is 16.5. The summed E-state index contributed by atoms with van der Waals surface area (Å²) in [6.07, 6.45) is 5.55. The summed E-state index contributed by atoms with van der Waals surface area (Å²) in [6, 6.07) is 1.86. The Hall–Kier alpha value is -2.86. The van der Waals surface area contributed by atoms with Crippen LogP contribution in [0.25, 0.3) is 0 Å². The number of nitriles is 1. The third-order valence-electron chi connectivity index (χ3n) is 4.09. The van der Waals surface area contributed by atoms with Gasteiger partial charge in [-0.15, -0.1) is 0 Å². The predicted octanol–water partition coefficient (Wildman–Crippen LogP) is 0.0748. The highest BCUT2D eigenvalue weighted by molar-refractivity contribution is 5.61. The normalized spacial score (nSPS) is 17.0. The number of nitrogens with one attached hydrogen (secondary N) is 1. The van der Waals surface area contributed by atoms with Crippen molar-refractivity contribution in [3.8, 4) is 6.07 Å². The smallest absolute Gasteiger partial charge is 0.332 e. The van der Waals surface area contributed by atoms with Gasteiger partial charge in [-0.05, 0) is 12.8 Å². The molecule has 1 atom stereocenters. The fourth-order valence-corrected chi connectivity index (χ4v) is 2.75. The molecule has 1 N–H and O–H groups in total. The Bertz CT molecular complexity index is 911. The fraction of sp³-hybridized carbons (Fsp3) is 0.467. The molecule has 0 radical (unpaired) electrons. The van der Waals surface area contributed by atoms with Crippen molar-refractivity contribution in [1.29, 1.82) is 5.26 Å². The molecule has 24 heavy (non-hydrogen) atoms. The van der Waals surface area contributed by atoms with Crippen molar-refractivity contribution >= 4 is 11.5 Å². The molecule has 9 nitrogen and oxygen atoms in total. The first-order valence-corrected chi connectivity index (χ1v) is 7.62. The number of hydrogen-bond acceptors (Lipinski definition) is 6. The summed E-state index contributed by atoms with van der Waals surface area (Å²) >= 11 is 0. The number of aromatic nitrogens is 4. The Morgan fingerprint density at radius 3 is 2.88 bits per heavy atom. The number of nitrogens with zero attached hydrogens (tertiary/aromatic N) is 5. The van der Waals surface area contributed by atoms with E-state index in [0.29, 0.717) is 12.2 Å². The molecule has 126 valence electrons. The Kier molecular flexibility index (Phi) is 4.22. The molecule has 2 aromatic heterocycles. The summed E-state index contributed by atoms with van der Waals surface area (Å²) in [6.45, 7) is 1.42. The van der Waals surface area contributed by atoms with Gasteiger partial charge in [0.2, 0.25) is 0 Å². The molecule has 3 heterocycles. The Balaban J connectivity index is 1.89. The topological polar surface area (TPSA) is 107 Å². The average Bonchev–Trinajstić information content (AvgIpc) is 3.23. The second-order valence-electron chi connectivity index (χ2n) is 5.75. The number of rotatable bonds is 4. The lowest BCUT2D eigenvalue weighted by molar-refractivity contribution is 0.0940. The lowest BCUT2D eigenvalue weighted by Crippen LogP contribution is -2.39. The van der Waals surface area contributed by atoms with Crippen LogP contribution in [0, 0.1) is 11.3 Å². The van der Waals surface area contributed by atoms with Crippen molar-refractivity contribution in [3.05, 3.63) is 38.8 Å². The van der Waals surface area contributed by atoms with E-state index in [1.807, 2.05) is 6.07 Å². The van der Waals surface area contributed by atoms with Gasteiger partial charge in [-0.3, -0.25) is 18.6 Å². The average molecular weight is 330 g/mol. The maximum Gasteiger partial charge on any atom is 0.332 e. The highest BCUT2D eigenvalue weighted by Gasteiger charge is 2.18. The minimum atomic E-state index is -0.630. The van der Waals surface area contributed by atoms with Gasteiger partial charge in [0.05, 0.1) is 24.5 Å². The third-order valence-corrected chi connectivity index (χ3v) is 4.09. The third kappa shape index (κ3) is 2.83. The van der Waals surface area contributed by atoms with Gasteiger partial charge in [0, 0.05) is 26.9 Å². The van der Waals surface area contributed by atoms with E-state index in [0.717, 1.165) is 24.0 Å². The quantitative estimate of drug-likeness (QED) is 0.850. The molecule has 0 amide bonds. The first-order valence-electron chi connectivity index (χ1n) is 7.62. The summed E-state index contributed by atoms with van der Waals surface area (Å²) in [5, 5.41) is 16.4. The van der Waals surface area contributed by atoms with E-state index in [-0.39, 0.29) is 17.5 Å². The van der Waals surface area contributed by atoms with Crippen molar-refractivity contribution in [3.63, 3.8) is 0 Å². The van der Waals surface area contributed by atoms with Gasteiger partial charge in [0.15, 0.2) is 5.56 Å². The van der Waals surface area contributed by atoms with Gasteiger partial charge in [-0.1, -0.05) is 0 Å². The van der Waals surface area contributed by atoms with Crippen molar-refractivity contribution < 1.29 is 4.74 Å². The monoisotopic (exact) mass is 330 g/mol. The molecule has 0 spiro atoms. The molecule has 0 bridgehead atoms. The Morgan fingerprint density at radius 1 is 1.42 bits per heavy atom. The molecule has 0 aliphatic carbocycles. The maximum absolute atomic E-state index is 12.1. The van der Waals surface area contributed by atoms with Crippen LogP contribution in [0.1, 0.15) is 18.4 Å². The van der Waals surface area contributed by atoms with Crippen LogP contribution in [0.4, 0.5) is 11.5 Å². The van der Waals surface area contributed by atoms with Gasteiger partial charge < -0.3 is 10.1 Å². The molecule has 1 aliphatic heterocycles. The van der Waals surface area contributed by atoms with Gasteiger partial charge in [-0.25, -0.2) is 4.79 Å². The van der Waals surface area contributed by atoms with Gasteiger partial charge in [0.25, 0.3) is 5.56 Å². The first kappa shape index (κ1) is 16.0. The zero-order valence-electron chi connectivity index (χ0n) is 13.5. The standard InChI is InChI=1S/C15H18N6O3/c1-19-13(12(6-16)14(22)20(2)15(19)23)18-10-7-17-21(8-10)9-11-4-3-5-24-11/h7-8,11,18H,3-5,9H2,1-2H3. The minimum absolute atomic E-state index is 0.119. The van der Waals surface area contributed by atoms with Crippen LogP contribution in [-0.4, -0.2) is 31.6 Å². The molecule has 1 unspecified atom stereocenters. The molecule has 1 saturated heterocycles. The van der Waals surface area contributed by atoms with E-state index >= 15 is 0 Å². The van der Waals surface area contributed by atoms with Crippen LogP contribution >= 0.6 is 0 Å². The van der Waals surface area contributed by atoms with Crippen LogP contribution in [-0.2, 0) is 25.4 Å². The molecule has 9 heteroatoms. The number of hydrogen-bond donors (Lipinski definition) is 1. The predicted molar refractivity (Wildman–Crippen MR) is 86.1 cm³/mol. The molecule has 2 aromatic rings. The van der Waals surface area contributed by atoms with E-state index in [9.17, 15) is 14.9 Å². The van der Waals surface area contributed by atoms with Crippen molar-refractivity contribution in [1.82, 2.24) is 18.9 Å². The molecule has 0 saturated carbocycles. The van der Waals surface area contributed by atoms with E-state index in [4.69, 9.17) is 4.74 Å². The molecular weight excluding hydrogens is 312 g/mol. The lowest BCUT2D eigenvalue weighted by Gasteiger charge is -2.12. The summed E-state index contributed by atoms with van der Waals surface area (Å²) in [5.74, 6) is 0.155. The van der Waals surface area contributed by atoms with E-state index in [1.54, 1.807) is 17.1 Å². The van der Waals surface area contributed by atoms with Crippen LogP contribution in [0.5, 0.6) is 0 Å². The summed E-state index contributed by atoms with van der Waals surface area (Å²) in [4.78, 5) is 24.1. The zero-order chi connectivity index (χ0) is 17.3. The summed E-state index contributed by atoms with van der Waals surface area (Å²) in [7, 11) is 2.84. The van der Waals surface area contributed by atoms with Crippen molar-refractivity contribution in [2.45, 2.75) is 25.5 Å². The fourth-order valence-electron chi connectivity index (χ4n) is 2.75. The highest BCUT2D eigenvalue weighted by Crippen LogP contribution is 2.18. The number of ether oxygens (including phenoxy) is 1. The van der Waals surface area contributed by atoms with Crippen LogP contribution in [0.3, 0.4) is 0 Å². The first-order chi connectivity index (χ1) is 11.5. The second-order valence-corrected chi connectivity index (χ2v) is 5.75. The maximum atomic E-state index is 12.1. The number of anilines is 2. The lowest BCUT2D eigenvalue weighted by atomic mass is 10.2. The Labute approximate surface area is 137 Å². The van der Waals surface area contributed by atoms with E-state index < -0.39 is 11.2 Å². The Morgan fingerprint density at radius 2 is 2.21 bits per heavy atom. The second kappa shape index (κ2) is 6.33. The van der Waals surface area contributed by atoms with Crippen LogP contribution in [0.15, 0.2) is 22.0 Å². The molecular formula is C15H18N6O3. The molecule has 3 rings (SSSR count). The van der Waals surface area contributed by atoms with Crippen molar-refractivity contribution in [2.75, 3.05) is 11.9 Å². The van der Waals surface area contributed by atoms with Crippen LogP contribution in [0.2, 0.25) is 0 Å². The summed E-state index contributed by atoms with van der Waals surface area (Å²) < 4.78 is 9.45. The molecule has 0 aromatic carbocycles. The summed E-state index contributed by atoms with van der Waals surface area (Å²) in [5.41, 5.74) is -0.665. The molecule has 1 aliphatic rings. The van der Waals surface area contributed by atoms with Gasteiger partial charge in [-0.2, -0.15) is 10.4 Å². The largest absolute Gasteiger partial charge is 0.376 e. The van der Waals surface area contributed by atoms with E-state index in [2.05, 4.69) is 10.4 Å². The van der Waals surface area contributed by atoms with Gasteiger partial charge >= 0.3 is 5.69 Å². The van der Waals surface area contributed by atoms with E-state index in [1.165, 1.54) is 18.7 Å². The van der Waals surface area contributed by atoms with Crippen molar-refractivity contribution in [2.24, 2.45) is 14.1 Å². The zero-order valence-corrected chi connectivity index (χ0v) is 13.5.